The first-order chi connectivity index (χ1) is 9.01. The molecule has 2 rings (SSSR count). The number of nitrogens with one attached hydrogen (secondary N) is 1. The minimum absolute atomic E-state index is 0.0497. The first kappa shape index (κ1) is 13.3. The maximum atomic E-state index is 11.8. The summed E-state index contributed by atoms with van der Waals surface area (Å²) < 4.78 is 0. The summed E-state index contributed by atoms with van der Waals surface area (Å²) in [4.78, 5) is 23.9. The number of non-ortho nitro benzene ring substituents is 1. The Morgan fingerprint density at radius 2 is 2.26 bits per heavy atom. The van der Waals surface area contributed by atoms with Crippen LogP contribution in [-0.2, 0) is 11.3 Å². The van der Waals surface area contributed by atoms with E-state index in [1.165, 1.54) is 12.1 Å². The molecule has 1 N–H and O–H groups in total. The maximum Gasteiger partial charge on any atom is 0.269 e. The number of likely N-dealkylation sites (tertiary alicyclic amines) is 1. The number of anilines is 1. The average Bonchev–Trinajstić information content (AvgIpc) is 2.67. The van der Waals surface area contributed by atoms with Crippen LogP contribution in [-0.4, -0.2) is 29.3 Å². The van der Waals surface area contributed by atoms with E-state index in [0.717, 1.165) is 11.3 Å². The van der Waals surface area contributed by atoms with Gasteiger partial charge in [0, 0.05) is 49.9 Å². The Morgan fingerprint density at radius 3 is 2.79 bits per heavy atom. The minimum Gasteiger partial charge on any atom is -0.388 e. The lowest BCUT2D eigenvalue weighted by molar-refractivity contribution is -0.384. The van der Waals surface area contributed by atoms with Gasteiger partial charge in [-0.15, -0.1) is 0 Å². The lowest BCUT2D eigenvalue weighted by atomic mass is 10.1. The number of benzene rings is 1. The molecule has 1 heterocycles. The third-order valence-corrected chi connectivity index (χ3v) is 3.34. The van der Waals surface area contributed by atoms with Crippen molar-refractivity contribution in [3.05, 3.63) is 33.9 Å². The summed E-state index contributed by atoms with van der Waals surface area (Å²) in [6, 6.07) is 4.67. The van der Waals surface area contributed by atoms with E-state index in [1.54, 1.807) is 18.0 Å². The quantitative estimate of drug-likeness (QED) is 0.666. The molecule has 0 radical (unpaired) electrons. The first-order valence-electron chi connectivity index (χ1n) is 6.24. The predicted octanol–water partition coefficient (Wildman–Crippen LogP) is 2.00. The summed E-state index contributed by atoms with van der Waals surface area (Å²) in [5.74, 6) is 0.463. The lowest BCUT2D eigenvalue weighted by Crippen LogP contribution is -2.24. The van der Waals surface area contributed by atoms with E-state index in [1.807, 2.05) is 6.92 Å². The molecule has 1 aliphatic rings. The Morgan fingerprint density at radius 1 is 1.53 bits per heavy atom. The van der Waals surface area contributed by atoms with Crippen LogP contribution in [0.25, 0.3) is 0 Å². The Hall–Kier alpha value is -2.11. The van der Waals surface area contributed by atoms with Gasteiger partial charge in [0.15, 0.2) is 0 Å². The van der Waals surface area contributed by atoms with Crippen molar-refractivity contribution in [2.45, 2.75) is 19.9 Å². The molecule has 6 heteroatoms. The van der Waals surface area contributed by atoms with Gasteiger partial charge < -0.3 is 10.2 Å². The van der Waals surface area contributed by atoms with E-state index in [9.17, 15) is 14.9 Å². The molecule has 1 atom stereocenters. The zero-order valence-electron chi connectivity index (χ0n) is 11.0. The van der Waals surface area contributed by atoms with Crippen LogP contribution in [0.1, 0.15) is 18.9 Å². The number of amides is 1. The molecule has 0 bridgehead atoms. The number of rotatable bonds is 4. The first-order valence-corrected chi connectivity index (χ1v) is 6.24. The van der Waals surface area contributed by atoms with Crippen LogP contribution in [0, 0.1) is 16.0 Å². The lowest BCUT2D eigenvalue weighted by Gasteiger charge is -2.18. The van der Waals surface area contributed by atoms with E-state index in [-0.39, 0.29) is 11.6 Å². The van der Waals surface area contributed by atoms with Crippen LogP contribution in [0.3, 0.4) is 0 Å². The molecule has 1 aliphatic heterocycles. The number of nitro benzene ring substituents is 1. The van der Waals surface area contributed by atoms with Gasteiger partial charge in [-0.2, -0.15) is 0 Å². The van der Waals surface area contributed by atoms with Crippen LogP contribution >= 0.6 is 0 Å². The molecule has 1 saturated heterocycles. The molecule has 1 amide bonds. The third kappa shape index (κ3) is 2.83. The van der Waals surface area contributed by atoms with E-state index in [4.69, 9.17) is 0 Å². The molecular weight excluding hydrogens is 246 g/mol. The van der Waals surface area contributed by atoms with E-state index >= 15 is 0 Å². The second-order valence-electron chi connectivity index (χ2n) is 4.93. The summed E-state index contributed by atoms with van der Waals surface area (Å²) in [6.07, 6.45) is 0.559. The minimum atomic E-state index is -0.419. The van der Waals surface area contributed by atoms with E-state index in [0.29, 0.717) is 25.4 Å². The van der Waals surface area contributed by atoms with Gasteiger partial charge in [0.1, 0.15) is 0 Å². The van der Waals surface area contributed by atoms with Crippen molar-refractivity contribution in [3.8, 4) is 0 Å². The third-order valence-electron chi connectivity index (χ3n) is 3.34. The summed E-state index contributed by atoms with van der Waals surface area (Å²) in [7, 11) is 1.76. The van der Waals surface area contributed by atoms with Crippen molar-refractivity contribution in [1.82, 2.24) is 4.90 Å². The predicted molar refractivity (Wildman–Crippen MR) is 71.8 cm³/mol. The van der Waals surface area contributed by atoms with Crippen molar-refractivity contribution in [1.29, 1.82) is 0 Å². The van der Waals surface area contributed by atoms with Crippen LogP contribution in [0.5, 0.6) is 0 Å². The van der Waals surface area contributed by atoms with Crippen LogP contribution < -0.4 is 5.32 Å². The zero-order chi connectivity index (χ0) is 14.0. The average molecular weight is 263 g/mol. The second kappa shape index (κ2) is 5.26. The molecule has 1 unspecified atom stereocenters. The van der Waals surface area contributed by atoms with Gasteiger partial charge in [0.05, 0.1) is 4.92 Å². The van der Waals surface area contributed by atoms with E-state index < -0.39 is 4.92 Å². The summed E-state index contributed by atoms with van der Waals surface area (Å²) in [6.45, 7) is 3.16. The summed E-state index contributed by atoms with van der Waals surface area (Å²) in [5, 5.41) is 13.8. The van der Waals surface area contributed by atoms with Crippen molar-refractivity contribution in [2.24, 2.45) is 5.92 Å². The van der Waals surface area contributed by atoms with Gasteiger partial charge in [0.25, 0.3) is 5.69 Å². The van der Waals surface area contributed by atoms with Crippen LogP contribution in [0.2, 0.25) is 0 Å². The number of carbonyl (C=O) groups excluding carboxylic acids is 1. The van der Waals surface area contributed by atoms with Crippen molar-refractivity contribution in [2.75, 3.05) is 18.9 Å². The molecule has 1 aromatic carbocycles. The fourth-order valence-corrected chi connectivity index (χ4v) is 2.40. The molecule has 1 fully saturated rings. The molecule has 102 valence electrons. The summed E-state index contributed by atoms with van der Waals surface area (Å²) in [5.41, 5.74) is 1.64. The van der Waals surface area contributed by atoms with Gasteiger partial charge in [-0.3, -0.25) is 14.9 Å². The number of hydrogen-bond acceptors (Lipinski definition) is 4. The highest BCUT2D eigenvalue weighted by Crippen LogP contribution is 2.26. The smallest absolute Gasteiger partial charge is 0.269 e. The molecule has 0 aromatic heterocycles. The number of nitro groups is 1. The molecular formula is C13H17N3O3. The Labute approximate surface area is 111 Å². The number of nitrogens with zero attached hydrogens (tertiary/aromatic N) is 2. The van der Waals surface area contributed by atoms with Gasteiger partial charge in [0.2, 0.25) is 5.91 Å². The fraction of sp³-hybridized carbons (Fsp3) is 0.462. The van der Waals surface area contributed by atoms with Gasteiger partial charge in [-0.25, -0.2) is 0 Å². The highest BCUT2D eigenvalue weighted by molar-refractivity contribution is 5.78. The summed E-state index contributed by atoms with van der Waals surface area (Å²) >= 11 is 0. The highest BCUT2D eigenvalue weighted by atomic mass is 16.6. The molecule has 0 aliphatic carbocycles. The van der Waals surface area contributed by atoms with E-state index in [2.05, 4.69) is 5.32 Å². The largest absolute Gasteiger partial charge is 0.388 e. The zero-order valence-corrected chi connectivity index (χ0v) is 11.0. The van der Waals surface area contributed by atoms with Gasteiger partial charge in [-0.1, -0.05) is 6.92 Å². The Bertz CT molecular complexity index is 516. The highest BCUT2D eigenvalue weighted by Gasteiger charge is 2.27. The SMILES string of the molecule is CNc1ccc([N+](=O)[O-])cc1CN1CC(C)CC1=O. The van der Waals surface area contributed by atoms with Crippen LogP contribution in [0.15, 0.2) is 18.2 Å². The van der Waals surface area contributed by atoms with Crippen LogP contribution in [0.4, 0.5) is 11.4 Å². The van der Waals surface area contributed by atoms with Crippen molar-refractivity contribution in [3.63, 3.8) is 0 Å². The molecule has 0 spiro atoms. The Kier molecular flexibility index (Phi) is 3.69. The molecule has 1 aromatic rings. The van der Waals surface area contributed by atoms with Crippen molar-refractivity contribution >= 4 is 17.3 Å². The van der Waals surface area contributed by atoms with Crippen molar-refractivity contribution < 1.29 is 9.72 Å². The monoisotopic (exact) mass is 263 g/mol. The second-order valence-corrected chi connectivity index (χ2v) is 4.93. The number of hydrogen-bond donors (Lipinski definition) is 1. The Balaban J connectivity index is 2.25. The topological polar surface area (TPSA) is 75.5 Å². The maximum absolute atomic E-state index is 11.8. The molecule has 19 heavy (non-hydrogen) atoms. The van der Waals surface area contributed by atoms with Gasteiger partial charge >= 0.3 is 0 Å². The molecule has 0 saturated carbocycles. The fourth-order valence-electron chi connectivity index (χ4n) is 2.40. The molecule has 6 nitrogen and oxygen atoms in total. The van der Waals surface area contributed by atoms with Gasteiger partial charge in [-0.05, 0) is 12.0 Å². The number of carbonyl (C=O) groups is 1. The standard InChI is InChI=1S/C13H17N3O3/c1-9-5-13(17)15(7-9)8-10-6-11(16(18)19)3-4-12(10)14-2/h3-4,6,9,14H,5,7-8H2,1-2H3. The normalized spacial score (nSPS) is 18.7.